The van der Waals surface area contributed by atoms with E-state index in [1.807, 2.05) is 6.07 Å². The minimum atomic E-state index is 0.445. The summed E-state index contributed by atoms with van der Waals surface area (Å²) in [7, 11) is 0. The Morgan fingerprint density at radius 1 is 1.29 bits per heavy atom. The minimum Gasteiger partial charge on any atom is -0.379 e. The molecule has 3 nitrogen and oxygen atoms in total. The highest BCUT2D eigenvalue weighted by molar-refractivity contribution is 6.30. The molecule has 1 unspecified atom stereocenters. The minimum absolute atomic E-state index is 0.445. The summed E-state index contributed by atoms with van der Waals surface area (Å²) in [5, 5.41) is 3.12. The molecular weight excluding hydrogens is 236 g/mol. The van der Waals surface area contributed by atoms with Crippen LogP contribution in [-0.4, -0.2) is 31.3 Å². The van der Waals surface area contributed by atoms with Gasteiger partial charge in [0, 0.05) is 24.2 Å². The zero-order valence-electron chi connectivity index (χ0n) is 9.79. The molecule has 1 saturated heterocycles. The Kier molecular flexibility index (Phi) is 3.34. The molecule has 3 rings (SSSR count). The molecule has 2 aliphatic rings. The van der Waals surface area contributed by atoms with Crippen molar-refractivity contribution in [2.75, 3.05) is 26.3 Å². The van der Waals surface area contributed by atoms with Crippen molar-refractivity contribution in [2.24, 2.45) is 0 Å². The number of hydrogen-bond acceptors (Lipinski definition) is 3. The van der Waals surface area contributed by atoms with Crippen LogP contribution in [0, 0.1) is 0 Å². The van der Waals surface area contributed by atoms with Gasteiger partial charge < -0.3 is 4.74 Å². The van der Waals surface area contributed by atoms with E-state index in [0.717, 1.165) is 44.2 Å². The molecule has 0 spiro atoms. The molecule has 1 aliphatic carbocycles. The molecule has 1 N–H and O–H groups in total. The third-order valence-electron chi connectivity index (χ3n) is 3.53. The first kappa shape index (κ1) is 11.5. The molecule has 1 heterocycles. The first-order valence-corrected chi connectivity index (χ1v) is 6.58. The van der Waals surface area contributed by atoms with Gasteiger partial charge in [-0.2, -0.15) is 0 Å². The van der Waals surface area contributed by atoms with Crippen molar-refractivity contribution >= 4 is 11.6 Å². The van der Waals surface area contributed by atoms with E-state index in [4.69, 9.17) is 16.3 Å². The molecule has 1 aromatic carbocycles. The Hall–Kier alpha value is -0.610. The smallest absolute Gasteiger partial charge is 0.0608 e. The fraction of sp³-hybridized carbons (Fsp3) is 0.538. The van der Waals surface area contributed by atoms with Crippen molar-refractivity contribution in [1.29, 1.82) is 0 Å². The highest BCUT2D eigenvalue weighted by Gasteiger charge is 2.24. The van der Waals surface area contributed by atoms with Gasteiger partial charge in [0.05, 0.1) is 13.2 Å². The number of halogens is 1. The van der Waals surface area contributed by atoms with Crippen LogP contribution >= 0.6 is 11.6 Å². The van der Waals surface area contributed by atoms with E-state index >= 15 is 0 Å². The largest absolute Gasteiger partial charge is 0.379 e. The van der Waals surface area contributed by atoms with Crippen molar-refractivity contribution in [3.05, 3.63) is 34.3 Å². The van der Waals surface area contributed by atoms with E-state index in [2.05, 4.69) is 22.6 Å². The lowest BCUT2D eigenvalue weighted by molar-refractivity contribution is 0.00348. The molecule has 1 atom stereocenters. The number of rotatable bonds is 2. The molecule has 0 saturated carbocycles. The van der Waals surface area contributed by atoms with Crippen molar-refractivity contribution < 1.29 is 4.74 Å². The summed E-state index contributed by atoms with van der Waals surface area (Å²) < 4.78 is 5.35. The average Bonchev–Trinajstić information content (AvgIpc) is 2.73. The van der Waals surface area contributed by atoms with Gasteiger partial charge in [0.25, 0.3) is 0 Å². The fourth-order valence-corrected chi connectivity index (χ4v) is 2.83. The van der Waals surface area contributed by atoms with E-state index in [9.17, 15) is 0 Å². The quantitative estimate of drug-likeness (QED) is 0.873. The summed E-state index contributed by atoms with van der Waals surface area (Å²) in [6.07, 6.45) is 2.28. The van der Waals surface area contributed by atoms with Crippen molar-refractivity contribution in [3.63, 3.8) is 0 Å². The maximum absolute atomic E-state index is 6.02. The van der Waals surface area contributed by atoms with Gasteiger partial charge in [0.1, 0.15) is 0 Å². The predicted molar refractivity (Wildman–Crippen MR) is 68.0 cm³/mol. The van der Waals surface area contributed by atoms with Gasteiger partial charge in [0.15, 0.2) is 0 Å². The summed E-state index contributed by atoms with van der Waals surface area (Å²) in [6.45, 7) is 3.60. The second-order valence-electron chi connectivity index (χ2n) is 4.66. The van der Waals surface area contributed by atoms with Crippen LogP contribution in [0.2, 0.25) is 5.02 Å². The summed E-state index contributed by atoms with van der Waals surface area (Å²) >= 11 is 6.02. The molecule has 0 amide bonds. The number of hydrogen-bond donors (Lipinski definition) is 1. The van der Waals surface area contributed by atoms with E-state index in [1.165, 1.54) is 11.1 Å². The number of ether oxygens (including phenoxy) is 1. The molecule has 1 aliphatic heterocycles. The SMILES string of the molecule is Clc1ccc2c(c1)CCC2NN1CCOCC1. The Morgan fingerprint density at radius 3 is 2.94 bits per heavy atom. The van der Waals surface area contributed by atoms with Crippen molar-refractivity contribution in [2.45, 2.75) is 18.9 Å². The monoisotopic (exact) mass is 252 g/mol. The van der Waals surface area contributed by atoms with Crippen LogP contribution in [-0.2, 0) is 11.2 Å². The van der Waals surface area contributed by atoms with E-state index in [0.29, 0.717) is 6.04 Å². The highest BCUT2D eigenvalue weighted by Crippen LogP contribution is 2.33. The molecule has 0 radical (unpaired) electrons. The second kappa shape index (κ2) is 4.94. The van der Waals surface area contributed by atoms with Crippen LogP contribution in [0.15, 0.2) is 18.2 Å². The predicted octanol–water partition coefficient (Wildman–Crippen LogP) is 2.16. The van der Waals surface area contributed by atoms with Crippen LogP contribution in [0.25, 0.3) is 0 Å². The third-order valence-corrected chi connectivity index (χ3v) is 3.77. The Balaban J connectivity index is 1.70. The molecule has 0 aromatic heterocycles. The molecule has 1 aromatic rings. The van der Waals surface area contributed by atoms with Gasteiger partial charge in [-0.1, -0.05) is 17.7 Å². The number of morpholine rings is 1. The van der Waals surface area contributed by atoms with Gasteiger partial charge in [-0.25, -0.2) is 10.4 Å². The Bertz CT molecular complexity index is 404. The van der Waals surface area contributed by atoms with E-state index in [1.54, 1.807) is 0 Å². The number of benzene rings is 1. The maximum Gasteiger partial charge on any atom is 0.0608 e. The van der Waals surface area contributed by atoms with Crippen LogP contribution in [0.1, 0.15) is 23.6 Å². The Morgan fingerprint density at radius 2 is 2.12 bits per heavy atom. The molecule has 4 heteroatoms. The summed E-state index contributed by atoms with van der Waals surface area (Å²) in [4.78, 5) is 0. The molecule has 17 heavy (non-hydrogen) atoms. The first-order valence-electron chi connectivity index (χ1n) is 6.20. The topological polar surface area (TPSA) is 24.5 Å². The fourth-order valence-electron chi connectivity index (χ4n) is 2.63. The summed E-state index contributed by atoms with van der Waals surface area (Å²) in [5.74, 6) is 0. The highest BCUT2D eigenvalue weighted by atomic mass is 35.5. The van der Waals surface area contributed by atoms with Crippen LogP contribution in [0.3, 0.4) is 0 Å². The zero-order chi connectivity index (χ0) is 11.7. The number of nitrogens with one attached hydrogen (secondary N) is 1. The van der Waals surface area contributed by atoms with E-state index < -0.39 is 0 Å². The standard InChI is InChI=1S/C13H17ClN2O/c14-11-2-3-12-10(9-11)1-4-13(12)15-16-5-7-17-8-6-16/h2-3,9,13,15H,1,4-8H2. The molecule has 92 valence electrons. The lowest BCUT2D eigenvalue weighted by Crippen LogP contribution is -2.46. The van der Waals surface area contributed by atoms with Gasteiger partial charge in [-0.05, 0) is 36.1 Å². The second-order valence-corrected chi connectivity index (χ2v) is 5.10. The van der Waals surface area contributed by atoms with Crippen LogP contribution < -0.4 is 5.43 Å². The average molecular weight is 253 g/mol. The third kappa shape index (κ3) is 2.47. The molecular formula is C13H17ClN2O. The normalized spacial score (nSPS) is 24.9. The molecule has 1 fully saturated rings. The van der Waals surface area contributed by atoms with Gasteiger partial charge in [-0.3, -0.25) is 0 Å². The number of fused-ring (bicyclic) bond motifs is 1. The number of hydrazine groups is 1. The van der Waals surface area contributed by atoms with Gasteiger partial charge in [0.2, 0.25) is 0 Å². The summed E-state index contributed by atoms with van der Waals surface area (Å²) in [6, 6.07) is 6.68. The number of aryl methyl sites for hydroxylation is 1. The first-order chi connectivity index (χ1) is 8.33. The molecule has 0 bridgehead atoms. The van der Waals surface area contributed by atoms with Crippen LogP contribution in [0.5, 0.6) is 0 Å². The zero-order valence-corrected chi connectivity index (χ0v) is 10.5. The summed E-state index contributed by atoms with van der Waals surface area (Å²) in [5.41, 5.74) is 6.40. The van der Waals surface area contributed by atoms with E-state index in [-0.39, 0.29) is 0 Å². The lowest BCUT2D eigenvalue weighted by Gasteiger charge is -2.30. The lowest BCUT2D eigenvalue weighted by atomic mass is 10.1. The maximum atomic E-state index is 6.02. The van der Waals surface area contributed by atoms with Crippen LogP contribution in [0.4, 0.5) is 0 Å². The number of nitrogens with zero attached hydrogens (tertiary/aromatic N) is 1. The van der Waals surface area contributed by atoms with Crippen molar-refractivity contribution in [1.82, 2.24) is 10.4 Å². The van der Waals surface area contributed by atoms with Gasteiger partial charge in [-0.15, -0.1) is 0 Å². The van der Waals surface area contributed by atoms with Gasteiger partial charge >= 0.3 is 0 Å². The van der Waals surface area contributed by atoms with Crippen molar-refractivity contribution in [3.8, 4) is 0 Å². The Labute approximate surface area is 107 Å².